The van der Waals surface area contributed by atoms with Crippen LogP contribution in [-0.4, -0.2) is 35.5 Å². The molecule has 0 amide bonds. The zero-order chi connectivity index (χ0) is 13.7. The number of rotatable bonds is 4. The van der Waals surface area contributed by atoms with E-state index in [1.807, 2.05) is 19.1 Å². The lowest BCUT2D eigenvalue weighted by Gasteiger charge is -2.31. The average Bonchev–Trinajstić information content (AvgIpc) is 2.42. The Kier molecular flexibility index (Phi) is 5.16. The third-order valence-corrected chi connectivity index (χ3v) is 3.70. The fourth-order valence-corrected chi connectivity index (χ4v) is 2.61. The number of esters is 1. The minimum absolute atomic E-state index is 0.0100. The summed E-state index contributed by atoms with van der Waals surface area (Å²) in [5.74, 6) is -0.0892. The van der Waals surface area contributed by atoms with Crippen molar-refractivity contribution in [2.75, 3.05) is 19.7 Å². The molecule has 2 rings (SSSR count). The van der Waals surface area contributed by atoms with Crippen LogP contribution in [0.2, 0.25) is 5.15 Å². The lowest BCUT2D eigenvalue weighted by Crippen LogP contribution is -2.39. The van der Waals surface area contributed by atoms with E-state index < -0.39 is 0 Å². The van der Waals surface area contributed by atoms with Crippen LogP contribution in [-0.2, 0) is 16.1 Å². The Bertz CT molecular complexity index is 439. The van der Waals surface area contributed by atoms with E-state index in [2.05, 4.69) is 9.88 Å². The highest BCUT2D eigenvalue weighted by atomic mass is 35.5. The number of halogens is 1. The predicted octanol–water partition coefficient (Wildman–Crippen LogP) is 2.51. The molecule has 4 nitrogen and oxygen atoms in total. The van der Waals surface area contributed by atoms with Crippen molar-refractivity contribution in [3.05, 3.63) is 29.0 Å². The first-order valence-corrected chi connectivity index (χ1v) is 7.07. The molecule has 0 spiro atoms. The van der Waals surface area contributed by atoms with Crippen LogP contribution in [0.15, 0.2) is 18.3 Å². The van der Waals surface area contributed by atoms with E-state index in [1.54, 1.807) is 6.20 Å². The summed E-state index contributed by atoms with van der Waals surface area (Å²) in [6.07, 6.45) is 3.61. The van der Waals surface area contributed by atoms with Crippen LogP contribution in [0.1, 0.15) is 25.3 Å². The van der Waals surface area contributed by atoms with Gasteiger partial charge in [-0.25, -0.2) is 4.98 Å². The number of carbonyl (C=O) groups excluding carboxylic acids is 1. The number of ether oxygens (including phenoxy) is 1. The summed E-state index contributed by atoms with van der Waals surface area (Å²) in [5, 5.41) is 0.542. The Labute approximate surface area is 118 Å². The molecule has 1 atom stereocenters. The Morgan fingerprint density at radius 1 is 1.63 bits per heavy atom. The Morgan fingerprint density at radius 2 is 2.47 bits per heavy atom. The van der Waals surface area contributed by atoms with Crippen LogP contribution in [0, 0.1) is 5.92 Å². The summed E-state index contributed by atoms with van der Waals surface area (Å²) in [6.45, 7) is 4.76. The molecule has 0 unspecified atom stereocenters. The van der Waals surface area contributed by atoms with Gasteiger partial charge in [0, 0.05) is 24.8 Å². The zero-order valence-corrected chi connectivity index (χ0v) is 11.9. The first-order valence-electron chi connectivity index (χ1n) is 6.69. The van der Waals surface area contributed by atoms with E-state index in [-0.39, 0.29) is 11.9 Å². The molecule has 19 heavy (non-hydrogen) atoms. The molecule has 104 valence electrons. The van der Waals surface area contributed by atoms with E-state index in [0.717, 1.165) is 38.0 Å². The maximum Gasteiger partial charge on any atom is 0.310 e. The minimum atomic E-state index is -0.0792. The van der Waals surface area contributed by atoms with Crippen LogP contribution in [0.3, 0.4) is 0 Å². The van der Waals surface area contributed by atoms with Gasteiger partial charge in [-0.2, -0.15) is 0 Å². The van der Waals surface area contributed by atoms with Gasteiger partial charge in [-0.15, -0.1) is 0 Å². The highest BCUT2D eigenvalue weighted by molar-refractivity contribution is 6.30. The molecule has 0 saturated carbocycles. The average molecular weight is 283 g/mol. The molecule has 1 aromatic heterocycles. The minimum Gasteiger partial charge on any atom is -0.466 e. The molecule has 5 heteroatoms. The van der Waals surface area contributed by atoms with E-state index >= 15 is 0 Å². The molecule has 1 aromatic rings. The standard InChI is InChI=1S/C14H19ClN2O2/c1-2-19-14(18)12-6-4-8-17(10-12)9-11-5-3-7-16-13(11)15/h3,5,7,12H,2,4,6,8-10H2,1H3/t12-/m0/s1. The van der Waals surface area contributed by atoms with Gasteiger partial charge in [0.15, 0.2) is 0 Å². The van der Waals surface area contributed by atoms with Gasteiger partial charge >= 0.3 is 5.97 Å². The van der Waals surface area contributed by atoms with E-state index in [1.165, 1.54) is 0 Å². The summed E-state index contributed by atoms with van der Waals surface area (Å²) in [4.78, 5) is 18.1. The van der Waals surface area contributed by atoms with Crippen LogP contribution in [0.4, 0.5) is 0 Å². The zero-order valence-electron chi connectivity index (χ0n) is 11.1. The maximum absolute atomic E-state index is 11.8. The highest BCUT2D eigenvalue weighted by Gasteiger charge is 2.27. The van der Waals surface area contributed by atoms with Gasteiger partial charge in [-0.3, -0.25) is 9.69 Å². The SMILES string of the molecule is CCOC(=O)[C@H]1CCCN(Cc2cccnc2Cl)C1. The molecule has 0 N–H and O–H groups in total. The first kappa shape index (κ1) is 14.3. The van der Waals surface area contributed by atoms with Crippen molar-refractivity contribution >= 4 is 17.6 Å². The lowest BCUT2D eigenvalue weighted by molar-refractivity contribution is -0.150. The molecule has 0 aromatic carbocycles. The van der Waals surface area contributed by atoms with Crippen LogP contribution in [0.25, 0.3) is 0 Å². The Hall–Kier alpha value is -1.13. The molecule has 0 aliphatic carbocycles. The van der Waals surface area contributed by atoms with E-state index in [9.17, 15) is 4.79 Å². The van der Waals surface area contributed by atoms with Gasteiger partial charge in [-0.1, -0.05) is 17.7 Å². The number of hydrogen-bond donors (Lipinski definition) is 0. The number of piperidine rings is 1. The number of hydrogen-bond acceptors (Lipinski definition) is 4. The highest BCUT2D eigenvalue weighted by Crippen LogP contribution is 2.21. The fraction of sp³-hybridized carbons (Fsp3) is 0.571. The molecular formula is C14H19ClN2O2. The van der Waals surface area contributed by atoms with Crippen molar-refractivity contribution in [1.29, 1.82) is 0 Å². The van der Waals surface area contributed by atoms with Crippen LogP contribution in [0.5, 0.6) is 0 Å². The van der Waals surface area contributed by atoms with E-state index in [0.29, 0.717) is 11.8 Å². The normalized spacial score (nSPS) is 20.2. The quantitative estimate of drug-likeness (QED) is 0.629. The molecule has 0 bridgehead atoms. The van der Waals surface area contributed by atoms with Crippen molar-refractivity contribution < 1.29 is 9.53 Å². The number of pyridine rings is 1. The first-order chi connectivity index (χ1) is 9.20. The summed E-state index contributed by atoms with van der Waals surface area (Å²) in [7, 11) is 0. The topological polar surface area (TPSA) is 42.4 Å². The monoisotopic (exact) mass is 282 g/mol. The number of nitrogens with zero attached hydrogens (tertiary/aromatic N) is 2. The molecule has 1 aliphatic heterocycles. The van der Waals surface area contributed by atoms with Gasteiger partial charge in [-0.05, 0) is 32.4 Å². The van der Waals surface area contributed by atoms with Crippen molar-refractivity contribution in [3.63, 3.8) is 0 Å². The second-order valence-electron chi connectivity index (χ2n) is 4.78. The largest absolute Gasteiger partial charge is 0.466 e. The number of aromatic nitrogens is 1. The number of carbonyl (C=O) groups is 1. The molecule has 1 saturated heterocycles. The van der Waals surface area contributed by atoms with Gasteiger partial charge in [0.25, 0.3) is 0 Å². The fourth-order valence-electron chi connectivity index (χ4n) is 2.43. The third-order valence-electron chi connectivity index (χ3n) is 3.36. The van der Waals surface area contributed by atoms with Crippen LogP contribution < -0.4 is 0 Å². The maximum atomic E-state index is 11.8. The summed E-state index contributed by atoms with van der Waals surface area (Å²) < 4.78 is 5.10. The lowest BCUT2D eigenvalue weighted by atomic mass is 9.98. The molecule has 1 fully saturated rings. The Morgan fingerprint density at radius 3 is 3.21 bits per heavy atom. The third kappa shape index (κ3) is 3.91. The van der Waals surface area contributed by atoms with Crippen LogP contribution >= 0.6 is 11.6 Å². The van der Waals surface area contributed by atoms with Crippen molar-refractivity contribution in [2.45, 2.75) is 26.3 Å². The smallest absolute Gasteiger partial charge is 0.310 e. The predicted molar refractivity (Wildman–Crippen MR) is 73.9 cm³/mol. The second kappa shape index (κ2) is 6.87. The van der Waals surface area contributed by atoms with Gasteiger partial charge < -0.3 is 4.74 Å². The van der Waals surface area contributed by atoms with E-state index in [4.69, 9.17) is 16.3 Å². The van der Waals surface area contributed by atoms with Gasteiger partial charge in [0.05, 0.1) is 12.5 Å². The van der Waals surface area contributed by atoms with Crippen molar-refractivity contribution in [1.82, 2.24) is 9.88 Å². The van der Waals surface area contributed by atoms with Crippen molar-refractivity contribution in [2.24, 2.45) is 5.92 Å². The molecule has 2 heterocycles. The number of likely N-dealkylation sites (tertiary alicyclic amines) is 1. The van der Waals surface area contributed by atoms with Gasteiger partial charge in [0.2, 0.25) is 0 Å². The molecular weight excluding hydrogens is 264 g/mol. The van der Waals surface area contributed by atoms with Crippen molar-refractivity contribution in [3.8, 4) is 0 Å². The molecule has 1 aliphatic rings. The summed E-state index contributed by atoms with van der Waals surface area (Å²) >= 11 is 6.06. The summed E-state index contributed by atoms with van der Waals surface area (Å²) in [5.41, 5.74) is 1.01. The second-order valence-corrected chi connectivity index (χ2v) is 5.14. The summed E-state index contributed by atoms with van der Waals surface area (Å²) in [6, 6.07) is 3.86. The van der Waals surface area contributed by atoms with Gasteiger partial charge in [0.1, 0.15) is 5.15 Å². The molecule has 0 radical (unpaired) electrons. The Balaban J connectivity index is 1.94.